The van der Waals surface area contributed by atoms with Gasteiger partial charge in [0, 0.05) is 11.8 Å². The van der Waals surface area contributed by atoms with Crippen LogP contribution in [0.2, 0.25) is 0 Å². The fourth-order valence-electron chi connectivity index (χ4n) is 3.33. The average Bonchev–Trinajstić information content (AvgIpc) is 3.35. The third kappa shape index (κ3) is 9.68. The number of ether oxygens (including phenoxy) is 5. The molecule has 42 heavy (non-hydrogen) atoms. The first-order valence-electron chi connectivity index (χ1n) is 14.0. The smallest absolute Gasteiger partial charge is 0.311 e. The van der Waals surface area contributed by atoms with Gasteiger partial charge in [-0.15, -0.1) is 0 Å². The van der Waals surface area contributed by atoms with Gasteiger partial charge in [-0.1, -0.05) is 0 Å². The second-order valence-corrected chi connectivity index (χ2v) is 14.6. The first-order chi connectivity index (χ1) is 19.0. The van der Waals surface area contributed by atoms with Gasteiger partial charge in [0.25, 0.3) is 0 Å². The fourth-order valence-corrected chi connectivity index (χ4v) is 3.33. The Morgan fingerprint density at radius 2 is 1.17 bits per heavy atom. The molecule has 11 nitrogen and oxygen atoms in total. The maximum atomic E-state index is 13.3. The number of furan rings is 1. The summed E-state index contributed by atoms with van der Waals surface area (Å²) in [5.74, 6) is -2.39. The summed E-state index contributed by atoms with van der Waals surface area (Å²) in [5.41, 5.74) is -3.07. The topological polar surface area (TPSA) is 140 Å². The Bertz CT molecular complexity index is 1130. The summed E-state index contributed by atoms with van der Waals surface area (Å²) in [7, 11) is 0. The Morgan fingerprint density at radius 1 is 0.714 bits per heavy atom. The minimum Gasteiger partial charge on any atom is -0.472 e. The van der Waals surface area contributed by atoms with Gasteiger partial charge in [0.1, 0.15) is 12.7 Å². The van der Waals surface area contributed by atoms with E-state index in [9.17, 15) is 19.2 Å². The number of carbonyl (C=O) groups is 4. The van der Waals surface area contributed by atoms with Crippen molar-refractivity contribution in [1.82, 2.24) is 0 Å². The van der Waals surface area contributed by atoms with Crippen molar-refractivity contribution in [2.45, 2.75) is 114 Å². The predicted molar refractivity (Wildman–Crippen MR) is 153 cm³/mol. The highest BCUT2D eigenvalue weighted by molar-refractivity contribution is 5.80. The fraction of sp³-hybridized carbons (Fsp3) is 0.710. The third-order valence-corrected chi connectivity index (χ3v) is 6.08. The molecule has 0 bridgehead atoms. The van der Waals surface area contributed by atoms with Crippen molar-refractivity contribution in [3.8, 4) is 0 Å². The van der Waals surface area contributed by atoms with Crippen molar-refractivity contribution >= 4 is 30.1 Å². The molecule has 2 rings (SSSR count). The number of esters is 4. The molecular weight excluding hydrogens is 546 g/mol. The van der Waals surface area contributed by atoms with Crippen molar-refractivity contribution in [3.63, 3.8) is 0 Å². The highest BCUT2D eigenvalue weighted by Gasteiger charge is 2.54. The Morgan fingerprint density at radius 3 is 1.60 bits per heavy atom. The van der Waals surface area contributed by atoms with Crippen LogP contribution in [0.1, 0.15) is 88.6 Å². The van der Waals surface area contributed by atoms with Gasteiger partial charge >= 0.3 is 23.9 Å². The van der Waals surface area contributed by atoms with E-state index in [2.05, 4.69) is 4.99 Å². The van der Waals surface area contributed by atoms with Crippen LogP contribution in [-0.2, 0) is 42.9 Å². The molecule has 0 aromatic carbocycles. The number of aliphatic imine (C=N–C) groups is 1. The molecule has 1 saturated heterocycles. The van der Waals surface area contributed by atoms with Crippen LogP contribution in [0, 0.1) is 21.7 Å². The van der Waals surface area contributed by atoms with Gasteiger partial charge in [0.2, 0.25) is 0 Å². The lowest BCUT2D eigenvalue weighted by Crippen LogP contribution is -2.63. The molecule has 1 aliphatic heterocycles. The molecule has 11 heteroatoms. The molecule has 2 heterocycles. The van der Waals surface area contributed by atoms with Crippen LogP contribution in [0.5, 0.6) is 0 Å². The molecule has 0 amide bonds. The van der Waals surface area contributed by atoms with E-state index in [0.717, 1.165) is 0 Å². The van der Waals surface area contributed by atoms with Gasteiger partial charge in [0.05, 0.1) is 34.2 Å². The van der Waals surface area contributed by atoms with Gasteiger partial charge in [-0.05, 0) is 89.2 Å². The Hall–Kier alpha value is -3.21. The number of carbonyl (C=O) groups excluding carboxylic acids is 4. The Balaban J connectivity index is 2.68. The lowest BCUT2D eigenvalue weighted by atomic mass is 9.92. The van der Waals surface area contributed by atoms with Crippen LogP contribution < -0.4 is 0 Å². The van der Waals surface area contributed by atoms with Crippen LogP contribution in [0.4, 0.5) is 0 Å². The van der Waals surface area contributed by atoms with E-state index in [1.807, 2.05) is 0 Å². The molecule has 1 fully saturated rings. The van der Waals surface area contributed by atoms with Crippen LogP contribution >= 0.6 is 0 Å². The quantitative estimate of drug-likeness (QED) is 0.244. The van der Waals surface area contributed by atoms with Crippen LogP contribution in [0.15, 0.2) is 28.0 Å². The Kier molecular flexibility index (Phi) is 10.8. The van der Waals surface area contributed by atoms with E-state index in [1.54, 1.807) is 89.2 Å². The van der Waals surface area contributed by atoms with Crippen molar-refractivity contribution in [2.75, 3.05) is 6.61 Å². The van der Waals surface area contributed by atoms with Crippen molar-refractivity contribution < 1.29 is 47.3 Å². The van der Waals surface area contributed by atoms with Crippen molar-refractivity contribution in [1.29, 1.82) is 0 Å². The minimum atomic E-state index is -1.35. The molecular formula is C31H47NO10. The summed E-state index contributed by atoms with van der Waals surface area (Å²) in [6.45, 7) is 19.7. The summed E-state index contributed by atoms with van der Waals surface area (Å²) >= 11 is 0. The van der Waals surface area contributed by atoms with Gasteiger partial charge in [-0.25, -0.2) is 0 Å². The lowest BCUT2D eigenvalue weighted by Gasteiger charge is -2.45. The van der Waals surface area contributed by atoms with E-state index in [4.69, 9.17) is 28.1 Å². The Labute approximate surface area is 248 Å². The standard InChI is InChI=1S/C31H47NO10/c1-28(2,3)24(33)38-17-19-20(40-25(34)29(4,5)6)21(41-26(35)30(7,8)9)22(42-27(36)31(10,11)12)23(39-19)32-15-18-13-14-37-16-18/h13-16,19-23H,17H2,1-12H3/b32-15+/t19-,20+,21+,22-,23-/m1/s1. The van der Waals surface area contributed by atoms with E-state index in [0.29, 0.717) is 5.56 Å². The van der Waals surface area contributed by atoms with E-state index in [1.165, 1.54) is 18.7 Å². The van der Waals surface area contributed by atoms with Crippen molar-refractivity contribution in [3.05, 3.63) is 24.2 Å². The zero-order valence-corrected chi connectivity index (χ0v) is 26.9. The van der Waals surface area contributed by atoms with E-state index in [-0.39, 0.29) is 6.61 Å². The molecule has 0 saturated carbocycles. The van der Waals surface area contributed by atoms with E-state index >= 15 is 0 Å². The molecule has 1 aromatic heterocycles. The summed E-state index contributed by atoms with van der Waals surface area (Å²) in [5, 5.41) is 0. The normalized spacial score (nSPS) is 23.8. The summed E-state index contributed by atoms with van der Waals surface area (Å²) in [6, 6.07) is 1.66. The number of hydrogen-bond donors (Lipinski definition) is 0. The van der Waals surface area contributed by atoms with Gasteiger partial charge in [-0.3, -0.25) is 24.2 Å². The minimum absolute atomic E-state index is 0.348. The number of hydrogen-bond acceptors (Lipinski definition) is 11. The highest BCUT2D eigenvalue weighted by atomic mass is 16.7. The molecule has 236 valence electrons. The molecule has 5 atom stereocenters. The first kappa shape index (κ1) is 35.0. The molecule has 1 aliphatic rings. The van der Waals surface area contributed by atoms with Crippen LogP contribution in [0.25, 0.3) is 0 Å². The number of nitrogens with zero attached hydrogens (tertiary/aromatic N) is 1. The third-order valence-electron chi connectivity index (χ3n) is 6.08. The molecule has 1 aromatic rings. The predicted octanol–water partition coefficient (Wildman–Crippen LogP) is 4.89. The van der Waals surface area contributed by atoms with E-state index < -0.39 is 76.2 Å². The first-order valence-corrected chi connectivity index (χ1v) is 14.0. The summed E-state index contributed by atoms with van der Waals surface area (Å²) in [6.07, 6.45) is -1.97. The SMILES string of the molecule is CC(C)(C)C(=O)OC[C@H]1O[C@@H](/N=C/c2ccoc2)[C@H](OC(=O)C(C)(C)C)[C@@H](OC(=O)C(C)(C)C)[C@H]1OC(=O)C(C)(C)C. The van der Waals surface area contributed by atoms with Gasteiger partial charge in [0.15, 0.2) is 24.5 Å². The average molecular weight is 594 g/mol. The van der Waals surface area contributed by atoms with Gasteiger partial charge in [-0.2, -0.15) is 0 Å². The second kappa shape index (κ2) is 13.0. The maximum Gasteiger partial charge on any atom is 0.311 e. The largest absolute Gasteiger partial charge is 0.472 e. The molecule has 0 aliphatic carbocycles. The monoisotopic (exact) mass is 593 g/mol. The molecule has 0 radical (unpaired) electrons. The number of rotatable bonds is 7. The molecule has 0 spiro atoms. The lowest BCUT2D eigenvalue weighted by molar-refractivity contribution is -0.258. The second-order valence-electron chi connectivity index (χ2n) is 14.6. The zero-order valence-electron chi connectivity index (χ0n) is 26.9. The zero-order chi connectivity index (χ0) is 32.3. The van der Waals surface area contributed by atoms with Crippen LogP contribution in [-0.4, -0.2) is 67.3 Å². The van der Waals surface area contributed by atoms with Crippen LogP contribution in [0.3, 0.4) is 0 Å². The maximum absolute atomic E-state index is 13.3. The van der Waals surface area contributed by atoms with Crippen molar-refractivity contribution in [2.24, 2.45) is 26.7 Å². The van der Waals surface area contributed by atoms with Gasteiger partial charge < -0.3 is 28.1 Å². The summed E-state index contributed by atoms with van der Waals surface area (Å²) < 4.78 is 34.7. The summed E-state index contributed by atoms with van der Waals surface area (Å²) in [4.78, 5) is 56.8. The molecule has 0 N–H and O–H groups in total. The molecule has 0 unspecified atom stereocenters. The highest BCUT2D eigenvalue weighted by Crippen LogP contribution is 2.34.